The van der Waals surface area contributed by atoms with Gasteiger partial charge in [-0.3, -0.25) is 9.36 Å². The standard InChI is InChI=1S/C21H27N3O2S/c1-13-6-5-7-16(14(13)2)24-10-9-22-20(24)27-12-17(25)23-18-15-8-11-26-19(15)21(18,3)4/h5-7,9-10,15,18-19H,8,11-12H2,1-4H3,(H,23,25)/t15-,18+,19+/m0/s1. The van der Waals surface area contributed by atoms with Crippen molar-refractivity contribution in [2.45, 2.75) is 51.4 Å². The second-order valence-corrected chi connectivity index (χ2v) is 9.14. The van der Waals surface area contributed by atoms with Crippen molar-refractivity contribution in [1.29, 1.82) is 0 Å². The van der Waals surface area contributed by atoms with Crippen molar-refractivity contribution in [2.75, 3.05) is 12.4 Å². The van der Waals surface area contributed by atoms with E-state index in [4.69, 9.17) is 4.74 Å². The molecule has 6 heteroatoms. The van der Waals surface area contributed by atoms with Crippen LogP contribution >= 0.6 is 11.8 Å². The lowest BCUT2D eigenvalue weighted by Gasteiger charge is -2.54. The number of nitrogens with one attached hydrogen (secondary N) is 1. The van der Waals surface area contributed by atoms with Gasteiger partial charge < -0.3 is 10.1 Å². The minimum Gasteiger partial charge on any atom is -0.377 e. The summed E-state index contributed by atoms with van der Waals surface area (Å²) in [5, 5.41) is 4.08. The van der Waals surface area contributed by atoms with Crippen molar-refractivity contribution in [2.24, 2.45) is 11.3 Å². The van der Waals surface area contributed by atoms with Crippen molar-refractivity contribution >= 4 is 17.7 Å². The van der Waals surface area contributed by atoms with Gasteiger partial charge in [-0.15, -0.1) is 0 Å². The number of benzene rings is 1. The molecule has 1 aliphatic carbocycles. The molecular weight excluding hydrogens is 358 g/mol. The summed E-state index contributed by atoms with van der Waals surface area (Å²) in [6, 6.07) is 6.45. The van der Waals surface area contributed by atoms with Gasteiger partial charge in [-0.25, -0.2) is 4.98 Å². The van der Waals surface area contributed by atoms with Gasteiger partial charge in [0.05, 0.1) is 17.5 Å². The summed E-state index contributed by atoms with van der Waals surface area (Å²) in [6.07, 6.45) is 5.08. The van der Waals surface area contributed by atoms with E-state index in [1.165, 1.54) is 22.9 Å². The summed E-state index contributed by atoms with van der Waals surface area (Å²) in [5.74, 6) is 0.900. The predicted molar refractivity (Wildman–Crippen MR) is 107 cm³/mol. The molecule has 2 aromatic rings. The highest BCUT2D eigenvalue weighted by molar-refractivity contribution is 7.99. The van der Waals surface area contributed by atoms with Gasteiger partial charge in [0.2, 0.25) is 5.91 Å². The van der Waals surface area contributed by atoms with Crippen LogP contribution in [0.25, 0.3) is 5.69 Å². The first kappa shape index (κ1) is 18.6. The summed E-state index contributed by atoms with van der Waals surface area (Å²) in [5.41, 5.74) is 3.60. The molecule has 0 radical (unpaired) electrons. The minimum absolute atomic E-state index is 0.0125. The van der Waals surface area contributed by atoms with Gasteiger partial charge in [-0.1, -0.05) is 37.7 Å². The first-order valence-electron chi connectivity index (χ1n) is 9.53. The highest BCUT2D eigenvalue weighted by atomic mass is 32.2. The Morgan fingerprint density at radius 3 is 3.04 bits per heavy atom. The number of nitrogens with zero attached hydrogens (tertiary/aromatic N) is 2. The second kappa shape index (κ2) is 6.99. The molecule has 4 rings (SSSR count). The van der Waals surface area contributed by atoms with Crippen LogP contribution in [0.15, 0.2) is 35.7 Å². The van der Waals surface area contributed by atoms with E-state index < -0.39 is 0 Å². The average Bonchev–Trinajstić information content (AvgIpc) is 3.28. The lowest BCUT2D eigenvalue weighted by atomic mass is 9.57. The largest absolute Gasteiger partial charge is 0.377 e. The van der Waals surface area contributed by atoms with Crippen LogP contribution in [0.5, 0.6) is 0 Å². The normalized spacial score (nSPS) is 25.7. The topological polar surface area (TPSA) is 56.2 Å². The van der Waals surface area contributed by atoms with E-state index in [1.54, 1.807) is 6.20 Å². The molecule has 144 valence electrons. The summed E-state index contributed by atoms with van der Waals surface area (Å²) >= 11 is 1.48. The Bertz CT molecular complexity index is 861. The Labute approximate surface area is 164 Å². The third kappa shape index (κ3) is 3.19. The van der Waals surface area contributed by atoms with E-state index in [9.17, 15) is 4.79 Å². The Morgan fingerprint density at radius 2 is 2.22 bits per heavy atom. The smallest absolute Gasteiger partial charge is 0.230 e. The van der Waals surface area contributed by atoms with Crippen LogP contribution in [-0.2, 0) is 9.53 Å². The molecule has 1 aromatic heterocycles. The number of carbonyl (C=O) groups excluding carboxylic acids is 1. The monoisotopic (exact) mass is 385 g/mol. The number of aryl methyl sites for hydroxylation is 1. The summed E-state index contributed by atoms with van der Waals surface area (Å²) < 4.78 is 7.88. The zero-order valence-electron chi connectivity index (χ0n) is 16.4. The molecule has 1 N–H and O–H groups in total. The van der Waals surface area contributed by atoms with Crippen LogP contribution in [-0.4, -0.2) is 40.0 Å². The zero-order chi connectivity index (χ0) is 19.2. The first-order chi connectivity index (χ1) is 12.9. The zero-order valence-corrected chi connectivity index (χ0v) is 17.2. The molecule has 0 unspecified atom stereocenters. The van der Waals surface area contributed by atoms with Crippen LogP contribution < -0.4 is 5.32 Å². The highest BCUT2D eigenvalue weighted by Crippen LogP contribution is 2.52. The number of hydrogen-bond donors (Lipinski definition) is 1. The highest BCUT2D eigenvalue weighted by Gasteiger charge is 2.59. The van der Waals surface area contributed by atoms with Crippen LogP contribution in [0.2, 0.25) is 0 Å². The molecule has 1 saturated carbocycles. The molecule has 1 amide bonds. The Kier molecular flexibility index (Phi) is 4.80. The molecule has 2 fully saturated rings. The number of thioether (sulfide) groups is 1. The van der Waals surface area contributed by atoms with Gasteiger partial charge in [0.25, 0.3) is 0 Å². The number of ether oxygens (including phenoxy) is 1. The lowest BCUT2D eigenvalue weighted by Crippen LogP contribution is -2.66. The predicted octanol–water partition coefficient (Wildman–Crippen LogP) is 3.51. The molecular formula is C21H27N3O2S. The Balaban J connectivity index is 1.41. The molecule has 1 aliphatic heterocycles. The van der Waals surface area contributed by atoms with E-state index in [1.807, 2.05) is 6.20 Å². The second-order valence-electron chi connectivity index (χ2n) is 8.20. The van der Waals surface area contributed by atoms with Crippen LogP contribution in [0.3, 0.4) is 0 Å². The summed E-state index contributed by atoms with van der Waals surface area (Å²) in [7, 11) is 0. The molecule has 1 aromatic carbocycles. The van der Waals surface area contributed by atoms with E-state index in [2.05, 4.69) is 60.8 Å². The number of rotatable bonds is 5. The van der Waals surface area contributed by atoms with E-state index >= 15 is 0 Å². The third-order valence-electron chi connectivity index (χ3n) is 6.19. The number of carbonyl (C=O) groups is 1. The number of amides is 1. The summed E-state index contributed by atoms with van der Waals surface area (Å²) in [4.78, 5) is 17.0. The molecule has 3 atom stereocenters. The van der Waals surface area contributed by atoms with Gasteiger partial charge in [-0.2, -0.15) is 0 Å². The average molecular weight is 386 g/mol. The fourth-order valence-electron chi connectivity index (χ4n) is 4.54. The van der Waals surface area contributed by atoms with Gasteiger partial charge in [0, 0.05) is 36.4 Å². The molecule has 27 heavy (non-hydrogen) atoms. The van der Waals surface area contributed by atoms with Gasteiger partial charge in [0.15, 0.2) is 5.16 Å². The first-order valence-corrected chi connectivity index (χ1v) is 10.5. The number of hydrogen-bond acceptors (Lipinski definition) is 4. The lowest BCUT2D eigenvalue weighted by molar-refractivity contribution is -0.135. The van der Waals surface area contributed by atoms with Crippen molar-refractivity contribution in [1.82, 2.24) is 14.9 Å². The van der Waals surface area contributed by atoms with Crippen molar-refractivity contribution in [3.8, 4) is 5.69 Å². The molecule has 0 bridgehead atoms. The van der Waals surface area contributed by atoms with E-state index in [-0.39, 0.29) is 17.4 Å². The maximum absolute atomic E-state index is 12.6. The third-order valence-corrected chi connectivity index (χ3v) is 7.16. The Hall–Kier alpha value is -1.79. The quantitative estimate of drug-likeness (QED) is 0.800. The maximum Gasteiger partial charge on any atom is 0.230 e. The fourth-order valence-corrected chi connectivity index (χ4v) is 5.32. The summed E-state index contributed by atoms with van der Waals surface area (Å²) in [6.45, 7) is 9.41. The SMILES string of the molecule is Cc1cccc(-n2ccnc2SCC(=O)N[C@@H]2[C@@H]3CCO[C@H]3C2(C)C)c1C. The number of aromatic nitrogens is 2. The van der Waals surface area contributed by atoms with Crippen molar-refractivity contribution in [3.63, 3.8) is 0 Å². The number of fused-ring (bicyclic) bond motifs is 1. The van der Waals surface area contributed by atoms with E-state index in [0.29, 0.717) is 17.8 Å². The molecule has 5 nitrogen and oxygen atoms in total. The van der Waals surface area contributed by atoms with E-state index in [0.717, 1.165) is 23.9 Å². The maximum atomic E-state index is 12.6. The number of imidazole rings is 1. The van der Waals surface area contributed by atoms with Crippen LogP contribution in [0.4, 0.5) is 0 Å². The van der Waals surface area contributed by atoms with Gasteiger partial charge in [0.1, 0.15) is 0 Å². The van der Waals surface area contributed by atoms with Gasteiger partial charge >= 0.3 is 0 Å². The van der Waals surface area contributed by atoms with Gasteiger partial charge in [-0.05, 0) is 37.5 Å². The van der Waals surface area contributed by atoms with Crippen molar-refractivity contribution in [3.05, 3.63) is 41.7 Å². The molecule has 2 aliphatic rings. The molecule has 0 spiro atoms. The minimum atomic E-state index is 0.0125. The van der Waals surface area contributed by atoms with Crippen LogP contribution in [0, 0.1) is 25.2 Å². The van der Waals surface area contributed by atoms with Crippen molar-refractivity contribution < 1.29 is 9.53 Å². The fraction of sp³-hybridized carbons (Fsp3) is 0.524. The molecule has 2 heterocycles. The van der Waals surface area contributed by atoms with Crippen LogP contribution in [0.1, 0.15) is 31.4 Å². The molecule has 1 saturated heterocycles. The Morgan fingerprint density at radius 1 is 1.41 bits per heavy atom.